The van der Waals surface area contributed by atoms with Crippen LogP contribution in [0.1, 0.15) is 49.4 Å². The lowest BCUT2D eigenvalue weighted by atomic mass is 9.99. The molecule has 3 nitrogen and oxygen atoms in total. The summed E-state index contributed by atoms with van der Waals surface area (Å²) in [5, 5.41) is 5.32. The highest BCUT2D eigenvalue weighted by molar-refractivity contribution is 5.89. The van der Waals surface area contributed by atoms with E-state index in [9.17, 15) is 4.79 Å². The maximum Gasteiger partial charge on any atom is 0.261 e. The van der Waals surface area contributed by atoms with Crippen LogP contribution in [-0.2, 0) is 4.79 Å². The largest absolute Gasteiger partial charge is 0.480 e. The quantitative estimate of drug-likeness (QED) is 0.560. The Hall–Kier alpha value is -2.81. The Kier molecular flexibility index (Phi) is 6.35. The van der Waals surface area contributed by atoms with Crippen LogP contribution in [0.2, 0.25) is 0 Å². The Bertz CT molecular complexity index is 958. The van der Waals surface area contributed by atoms with E-state index in [1.807, 2.05) is 37.3 Å². The molecule has 3 aromatic rings. The molecule has 0 radical (unpaired) electrons. The van der Waals surface area contributed by atoms with Crippen molar-refractivity contribution < 1.29 is 9.53 Å². The number of carbonyl (C=O) groups is 1. The SMILES string of the molecule is CC[C@@H](Oc1cccc2ccccc12)C(=O)N[C@H](CC)c1ccc(C)c(C)c1. The first-order chi connectivity index (χ1) is 13.5. The van der Waals surface area contributed by atoms with Gasteiger partial charge in [-0.3, -0.25) is 4.79 Å². The van der Waals surface area contributed by atoms with Gasteiger partial charge in [-0.25, -0.2) is 0 Å². The molecular formula is C25H29NO2. The lowest BCUT2D eigenvalue weighted by molar-refractivity contribution is -0.128. The van der Waals surface area contributed by atoms with Crippen LogP contribution in [-0.4, -0.2) is 12.0 Å². The fourth-order valence-electron chi connectivity index (χ4n) is 3.44. The Morgan fingerprint density at radius 3 is 2.39 bits per heavy atom. The number of carbonyl (C=O) groups excluding carboxylic acids is 1. The zero-order chi connectivity index (χ0) is 20.1. The number of hydrogen-bond acceptors (Lipinski definition) is 2. The van der Waals surface area contributed by atoms with Gasteiger partial charge in [0.2, 0.25) is 0 Å². The van der Waals surface area contributed by atoms with E-state index < -0.39 is 6.10 Å². The molecule has 0 saturated carbocycles. The van der Waals surface area contributed by atoms with Gasteiger partial charge in [0, 0.05) is 5.39 Å². The summed E-state index contributed by atoms with van der Waals surface area (Å²) in [5.74, 6) is 0.680. The third-order valence-corrected chi connectivity index (χ3v) is 5.34. The van der Waals surface area contributed by atoms with E-state index in [1.54, 1.807) is 0 Å². The molecule has 0 bridgehead atoms. The average Bonchev–Trinajstić information content (AvgIpc) is 2.72. The van der Waals surface area contributed by atoms with Crippen LogP contribution in [0, 0.1) is 13.8 Å². The molecule has 3 rings (SSSR count). The van der Waals surface area contributed by atoms with Gasteiger partial charge in [-0.2, -0.15) is 0 Å². The van der Waals surface area contributed by atoms with Crippen molar-refractivity contribution in [2.75, 3.05) is 0 Å². The number of nitrogens with one attached hydrogen (secondary N) is 1. The molecule has 0 saturated heterocycles. The van der Waals surface area contributed by atoms with Gasteiger partial charge >= 0.3 is 0 Å². The number of hydrogen-bond donors (Lipinski definition) is 1. The summed E-state index contributed by atoms with van der Waals surface area (Å²) < 4.78 is 6.15. The van der Waals surface area contributed by atoms with Gasteiger partial charge in [0.15, 0.2) is 6.10 Å². The van der Waals surface area contributed by atoms with Gasteiger partial charge in [-0.05, 0) is 54.8 Å². The van der Waals surface area contributed by atoms with Gasteiger partial charge in [0.1, 0.15) is 5.75 Å². The monoisotopic (exact) mass is 375 g/mol. The number of fused-ring (bicyclic) bond motifs is 1. The van der Waals surface area contributed by atoms with Crippen molar-refractivity contribution in [2.24, 2.45) is 0 Å². The van der Waals surface area contributed by atoms with Crippen molar-refractivity contribution >= 4 is 16.7 Å². The third kappa shape index (κ3) is 4.36. The number of ether oxygens (including phenoxy) is 1. The number of amides is 1. The van der Waals surface area contributed by atoms with Crippen molar-refractivity contribution in [2.45, 2.75) is 52.7 Å². The molecule has 146 valence electrons. The fourth-order valence-corrected chi connectivity index (χ4v) is 3.44. The van der Waals surface area contributed by atoms with E-state index in [-0.39, 0.29) is 11.9 Å². The summed E-state index contributed by atoms with van der Waals surface area (Å²) in [5.41, 5.74) is 3.64. The highest BCUT2D eigenvalue weighted by atomic mass is 16.5. The highest BCUT2D eigenvalue weighted by Gasteiger charge is 2.22. The van der Waals surface area contributed by atoms with E-state index in [2.05, 4.69) is 56.4 Å². The molecule has 0 heterocycles. The normalized spacial score (nSPS) is 13.1. The van der Waals surface area contributed by atoms with E-state index in [0.717, 1.165) is 28.5 Å². The van der Waals surface area contributed by atoms with Crippen molar-refractivity contribution in [1.82, 2.24) is 5.32 Å². The van der Waals surface area contributed by atoms with E-state index in [1.165, 1.54) is 11.1 Å². The zero-order valence-electron chi connectivity index (χ0n) is 17.2. The molecular weight excluding hydrogens is 346 g/mol. The third-order valence-electron chi connectivity index (χ3n) is 5.34. The van der Waals surface area contributed by atoms with Gasteiger partial charge < -0.3 is 10.1 Å². The Balaban J connectivity index is 1.77. The van der Waals surface area contributed by atoms with Crippen LogP contribution in [0.15, 0.2) is 60.7 Å². The first kappa shape index (κ1) is 19.9. The average molecular weight is 376 g/mol. The summed E-state index contributed by atoms with van der Waals surface area (Å²) in [6, 6.07) is 20.4. The fraction of sp³-hybridized carbons (Fsp3) is 0.320. The van der Waals surface area contributed by atoms with Gasteiger partial charge in [0.05, 0.1) is 6.04 Å². The first-order valence-electron chi connectivity index (χ1n) is 10.1. The summed E-state index contributed by atoms with van der Waals surface area (Å²) >= 11 is 0. The Labute approximate surface area is 167 Å². The predicted octanol–water partition coefficient (Wildman–Crippen LogP) is 5.88. The van der Waals surface area contributed by atoms with Crippen LogP contribution in [0.4, 0.5) is 0 Å². The van der Waals surface area contributed by atoms with Crippen LogP contribution in [0.25, 0.3) is 10.8 Å². The van der Waals surface area contributed by atoms with Crippen LogP contribution in [0.5, 0.6) is 5.75 Å². The van der Waals surface area contributed by atoms with E-state index in [4.69, 9.17) is 4.74 Å². The summed E-state index contributed by atoms with van der Waals surface area (Å²) in [4.78, 5) is 13.0. The second-order valence-electron chi connectivity index (χ2n) is 7.31. The van der Waals surface area contributed by atoms with Crippen LogP contribution < -0.4 is 10.1 Å². The lowest BCUT2D eigenvalue weighted by Gasteiger charge is -2.23. The minimum atomic E-state index is -0.522. The molecule has 2 atom stereocenters. The number of benzene rings is 3. The van der Waals surface area contributed by atoms with E-state index >= 15 is 0 Å². The summed E-state index contributed by atoms with van der Waals surface area (Å²) in [6.45, 7) is 8.27. The van der Waals surface area contributed by atoms with E-state index in [0.29, 0.717) is 6.42 Å². The summed E-state index contributed by atoms with van der Waals surface area (Å²) in [6.07, 6.45) is 0.920. The van der Waals surface area contributed by atoms with Crippen molar-refractivity contribution in [3.8, 4) is 5.75 Å². The van der Waals surface area contributed by atoms with Gasteiger partial charge in [0.25, 0.3) is 5.91 Å². The lowest BCUT2D eigenvalue weighted by Crippen LogP contribution is -2.40. The van der Waals surface area contributed by atoms with Crippen molar-refractivity contribution in [3.63, 3.8) is 0 Å². The maximum atomic E-state index is 13.0. The smallest absolute Gasteiger partial charge is 0.261 e. The molecule has 1 N–H and O–H groups in total. The molecule has 0 fully saturated rings. The molecule has 3 heteroatoms. The first-order valence-corrected chi connectivity index (χ1v) is 10.1. The Morgan fingerprint density at radius 1 is 0.929 bits per heavy atom. The van der Waals surface area contributed by atoms with Crippen molar-refractivity contribution in [3.05, 3.63) is 77.4 Å². The van der Waals surface area contributed by atoms with Crippen LogP contribution in [0.3, 0.4) is 0 Å². The standard InChI is InChI=1S/C25H29NO2/c1-5-22(20-15-14-17(3)18(4)16-20)26-25(27)23(6-2)28-24-13-9-11-19-10-7-8-12-21(19)24/h7-16,22-23H,5-6H2,1-4H3,(H,26,27)/t22-,23-/m1/s1. The number of rotatable bonds is 7. The molecule has 1 amide bonds. The summed E-state index contributed by atoms with van der Waals surface area (Å²) in [7, 11) is 0. The molecule has 0 aromatic heterocycles. The molecule has 0 aliphatic carbocycles. The number of aryl methyl sites for hydroxylation is 2. The van der Waals surface area contributed by atoms with Gasteiger partial charge in [-0.1, -0.05) is 68.4 Å². The molecule has 0 aliphatic rings. The molecule has 3 aromatic carbocycles. The second-order valence-corrected chi connectivity index (χ2v) is 7.31. The minimum Gasteiger partial charge on any atom is -0.480 e. The zero-order valence-corrected chi connectivity index (χ0v) is 17.2. The highest BCUT2D eigenvalue weighted by Crippen LogP contribution is 2.27. The maximum absolute atomic E-state index is 13.0. The Morgan fingerprint density at radius 2 is 1.68 bits per heavy atom. The van der Waals surface area contributed by atoms with Gasteiger partial charge in [-0.15, -0.1) is 0 Å². The molecule has 0 aliphatic heterocycles. The van der Waals surface area contributed by atoms with Crippen LogP contribution >= 0.6 is 0 Å². The van der Waals surface area contributed by atoms with Crippen molar-refractivity contribution in [1.29, 1.82) is 0 Å². The minimum absolute atomic E-state index is 0.0167. The molecule has 0 unspecified atom stereocenters. The second kappa shape index (κ2) is 8.92. The predicted molar refractivity (Wildman–Crippen MR) is 116 cm³/mol. The molecule has 28 heavy (non-hydrogen) atoms. The topological polar surface area (TPSA) is 38.3 Å². The molecule has 0 spiro atoms.